The van der Waals surface area contributed by atoms with Crippen molar-refractivity contribution in [3.05, 3.63) is 11.5 Å². The Bertz CT molecular complexity index is 229. The maximum Gasteiger partial charge on any atom is 0.264 e. The Balaban J connectivity index is 2.47. The number of hydrogen-bond donors (Lipinski definition) is 0. The van der Waals surface area contributed by atoms with Gasteiger partial charge in [-0.1, -0.05) is 0 Å². The van der Waals surface area contributed by atoms with E-state index in [1.807, 2.05) is 5.41 Å². The first-order valence-corrected chi connectivity index (χ1v) is 5.61. The Hall–Kier alpha value is -0.000000000000000111. The SMILES string of the molecule is CS(=O)(=O)OC1C=CSC1. The van der Waals surface area contributed by atoms with E-state index in [9.17, 15) is 8.42 Å². The van der Waals surface area contributed by atoms with Crippen LogP contribution in [0.4, 0.5) is 0 Å². The van der Waals surface area contributed by atoms with Crippen molar-refractivity contribution in [3.8, 4) is 0 Å². The van der Waals surface area contributed by atoms with Crippen molar-refractivity contribution in [1.29, 1.82) is 0 Å². The predicted molar refractivity (Wildman–Crippen MR) is 41.3 cm³/mol. The maximum absolute atomic E-state index is 10.5. The average Bonchev–Trinajstić information content (AvgIpc) is 2.12. The van der Waals surface area contributed by atoms with Crippen LogP contribution in [0.1, 0.15) is 0 Å². The van der Waals surface area contributed by atoms with E-state index in [1.165, 1.54) is 0 Å². The number of rotatable bonds is 2. The van der Waals surface area contributed by atoms with E-state index in [4.69, 9.17) is 0 Å². The second-order valence-electron chi connectivity index (χ2n) is 2.00. The van der Waals surface area contributed by atoms with Gasteiger partial charge in [-0.15, -0.1) is 11.8 Å². The summed E-state index contributed by atoms with van der Waals surface area (Å²) in [5, 5.41) is 1.84. The van der Waals surface area contributed by atoms with Crippen LogP contribution in [0.3, 0.4) is 0 Å². The van der Waals surface area contributed by atoms with Crippen LogP contribution in [-0.2, 0) is 14.3 Å². The summed E-state index contributed by atoms with van der Waals surface area (Å²) in [5.74, 6) is 0.701. The molecule has 0 N–H and O–H groups in total. The maximum atomic E-state index is 10.5. The highest BCUT2D eigenvalue weighted by Crippen LogP contribution is 2.17. The Morgan fingerprint density at radius 3 is 2.80 bits per heavy atom. The molecule has 0 aliphatic carbocycles. The molecule has 58 valence electrons. The molecule has 0 saturated heterocycles. The summed E-state index contributed by atoms with van der Waals surface area (Å²) in [7, 11) is -3.27. The van der Waals surface area contributed by atoms with Crippen LogP contribution in [0.2, 0.25) is 0 Å². The van der Waals surface area contributed by atoms with Crippen molar-refractivity contribution in [2.45, 2.75) is 6.10 Å². The highest BCUT2D eigenvalue weighted by atomic mass is 32.2. The zero-order valence-corrected chi connectivity index (χ0v) is 7.11. The highest BCUT2D eigenvalue weighted by molar-refractivity contribution is 8.02. The first-order valence-electron chi connectivity index (χ1n) is 2.74. The molecule has 0 spiro atoms. The Kier molecular flexibility index (Phi) is 2.38. The van der Waals surface area contributed by atoms with Crippen LogP contribution >= 0.6 is 11.8 Å². The second-order valence-corrected chi connectivity index (χ2v) is 4.54. The van der Waals surface area contributed by atoms with Gasteiger partial charge in [0.15, 0.2) is 0 Å². The lowest BCUT2D eigenvalue weighted by Gasteiger charge is -2.04. The van der Waals surface area contributed by atoms with Crippen molar-refractivity contribution >= 4 is 21.9 Å². The van der Waals surface area contributed by atoms with Gasteiger partial charge in [0.2, 0.25) is 0 Å². The molecule has 0 radical (unpaired) electrons. The molecule has 0 amide bonds. The third kappa shape index (κ3) is 2.72. The largest absolute Gasteiger partial charge is 0.264 e. The van der Waals surface area contributed by atoms with Crippen molar-refractivity contribution in [2.75, 3.05) is 12.0 Å². The van der Waals surface area contributed by atoms with E-state index in [0.717, 1.165) is 6.26 Å². The van der Waals surface area contributed by atoms with Gasteiger partial charge in [-0.2, -0.15) is 8.42 Å². The van der Waals surface area contributed by atoms with Crippen LogP contribution in [-0.4, -0.2) is 26.5 Å². The van der Waals surface area contributed by atoms with Crippen molar-refractivity contribution < 1.29 is 12.6 Å². The molecule has 1 aliphatic heterocycles. The minimum atomic E-state index is -3.27. The van der Waals surface area contributed by atoms with Gasteiger partial charge in [0.05, 0.1) is 6.26 Å². The lowest BCUT2D eigenvalue weighted by molar-refractivity contribution is 0.284. The molecule has 0 aromatic heterocycles. The summed E-state index contributed by atoms with van der Waals surface area (Å²) in [6.45, 7) is 0. The predicted octanol–water partition coefficient (Wildman–Crippen LogP) is 0.592. The molecule has 0 saturated carbocycles. The zero-order chi connectivity index (χ0) is 7.61. The van der Waals surface area contributed by atoms with Crippen LogP contribution in [0.5, 0.6) is 0 Å². The quantitative estimate of drug-likeness (QED) is 0.583. The fourth-order valence-corrected chi connectivity index (χ4v) is 2.07. The summed E-state index contributed by atoms with van der Waals surface area (Å²) in [5.41, 5.74) is 0. The molecule has 1 aliphatic rings. The van der Waals surface area contributed by atoms with Crippen molar-refractivity contribution in [1.82, 2.24) is 0 Å². The van der Waals surface area contributed by atoms with Crippen molar-refractivity contribution in [2.24, 2.45) is 0 Å². The van der Waals surface area contributed by atoms with E-state index in [-0.39, 0.29) is 6.10 Å². The van der Waals surface area contributed by atoms with E-state index in [0.29, 0.717) is 5.75 Å². The van der Waals surface area contributed by atoms with E-state index < -0.39 is 10.1 Å². The minimum Gasteiger partial charge on any atom is -0.262 e. The fraction of sp³-hybridized carbons (Fsp3) is 0.600. The molecule has 0 aromatic rings. The topological polar surface area (TPSA) is 43.4 Å². The van der Waals surface area contributed by atoms with Crippen LogP contribution in [0.25, 0.3) is 0 Å². The standard InChI is InChI=1S/C5H8O3S2/c1-10(6,7)8-5-2-3-9-4-5/h2-3,5H,4H2,1H3. The molecular formula is C5H8O3S2. The van der Waals surface area contributed by atoms with Crippen LogP contribution in [0.15, 0.2) is 11.5 Å². The molecule has 1 unspecified atom stereocenters. The molecule has 5 heteroatoms. The van der Waals surface area contributed by atoms with Gasteiger partial charge in [0.25, 0.3) is 10.1 Å². The first kappa shape index (κ1) is 8.10. The Morgan fingerprint density at radius 2 is 2.40 bits per heavy atom. The summed E-state index contributed by atoms with van der Waals surface area (Å²) >= 11 is 1.55. The number of thioether (sulfide) groups is 1. The molecule has 1 heterocycles. The minimum absolute atomic E-state index is 0.250. The van der Waals surface area contributed by atoms with Gasteiger partial charge in [0, 0.05) is 5.75 Å². The molecule has 0 aromatic carbocycles. The molecule has 0 bridgehead atoms. The summed E-state index contributed by atoms with van der Waals surface area (Å²) in [6, 6.07) is 0. The monoisotopic (exact) mass is 180 g/mol. The molecule has 3 nitrogen and oxygen atoms in total. The fourth-order valence-electron chi connectivity index (χ4n) is 0.634. The summed E-state index contributed by atoms with van der Waals surface area (Å²) in [6.07, 6.45) is 2.55. The molecule has 1 atom stereocenters. The van der Waals surface area contributed by atoms with Crippen LogP contribution < -0.4 is 0 Å². The average molecular weight is 180 g/mol. The third-order valence-corrected chi connectivity index (χ3v) is 2.42. The second kappa shape index (κ2) is 2.94. The molecule has 1 rings (SSSR count). The van der Waals surface area contributed by atoms with Gasteiger partial charge in [-0.05, 0) is 11.5 Å². The van der Waals surface area contributed by atoms with Gasteiger partial charge >= 0.3 is 0 Å². The van der Waals surface area contributed by atoms with E-state index in [2.05, 4.69) is 4.18 Å². The lowest BCUT2D eigenvalue weighted by atomic mass is 10.4. The van der Waals surface area contributed by atoms with Gasteiger partial charge < -0.3 is 0 Å². The Labute approximate surface area is 64.6 Å². The first-order chi connectivity index (χ1) is 4.58. The Morgan fingerprint density at radius 1 is 1.70 bits per heavy atom. The van der Waals surface area contributed by atoms with Gasteiger partial charge in [-0.3, -0.25) is 4.18 Å². The van der Waals surface area contributed by atoms with Gasteiger partial charge in [-0.25, -0.2) is 0 Å². The molecule has 0 fully saturated rings. The smallest absolute Gasteiger partial charge is 0.262 e. The normalized spacial score (nSPS) is 25.5. The summed E-state index contributed by atoms with van der Waals surface area (Å²) < 4.78 is 25.7. The van der Waals surface area contributed by atoms with E-state index >= 15 is 0 Å². The highest BCUT2D eigenvalue weighted by Gasteiger charge is 2.15. The molecule has 10 heavy (non-hydrogen) atoms. The van der Waals surface area contributed by atoms with Crippen LogP contribution in [0, 0.1) is 0 Å². The van der Waals surface area contributed by atoms with E-state index in [1.54, 1.807) is 17.8 Å². The third-order valence-electron chi connectivity index (χ3n) is 0.948. The zero-order valence-electron chi connectivity index (χ0n) is 5.48. The summed E-state index contributed by atoms with van der Waals surface area (Å²) in [4.78, 5) is 0. The van der Waals surface area contributed by atoms with Crippen molar-refractivity contribution in [3.63, 3.8) is 0 Å². The lowest BCUT2D eigenvalue weighted by Crippen LogP contribution is -2.14. The van der Waals surface area contributed by atoms with Gasteiger partial charge in [0.1, 0.15) is 6.10 Å². The molecular weight excluding hydrogens is 172 g/mol. The number of hydrogen-bond acceptors (Lipinski definition) is 4.